The van der Waals surface area contributed by atoms with Crippen molar-refractivity contribution in [2.45, 2.75) is 57.1 Å². The molecule has 2 aromatic rings. The number of nitrogens with zero attached hydrogens (tertiary/aromatic N) is 1. The monoisotopic (exact) mass is 399 g/mol. The smallest absolute Gasteiger partial charge is 0.123 e. The van der Waals surface area contributed by atoms with Crippen LogP contribution in [0.3, 0.4) is 0 Å². The van der Waals surface area contributed by atoms with Crippen molar-refractivity contribution in [2.24, 2.45) is 0 Å². The summed E-state index contributed by atoms with van der Waals surface area (Å²) in [7, 11) is 4.13. The molecule has 2 aromatic carbocycles. The minimum absolute atomic E-state index is 0.0575. The standard InChI is InChI=1S/C25H35FN2O/c1-5-24(2)19-25(15-17-29-24,21-8-10-22(26)11-9-21)14-16-27-18-20-6-12-23(13-7-20)28(3)4/h6-13,27H,5,14-19H2,1-4H3/p+1/t24-,25-/m1/s1. The van der Waals surface area contributed by atoms with Crippen molar-refractivity contribution in [3.8, 4) is 0 Å². The summed E-state index contributed by atoms with van der Waals surface area (Å²) in [5.74, 6) is -0.165. The Morgan fingerprint density at radius 3 is 2.38 bits per heavy atom. The third kappa shape index (κ3) is 5.37. The molecule has 0 amide bonds. The van der Waals surface area contributed by atoms with E-state index in [1.807, 2.05) is 12.1 Å². The van der Waals surface area contributed by atoms with Crippen LogP contribution in [0.15, 0.2) is 48.5 Å². The molecule has 0 spiro atoms. The van der Waals surface area contributed by atoms with E-state index in [1.54, 1.807) is 12.1 Å². The Balaban J connectivity index is 1.66. The van der Waals surface area contributed by atoms with Gasteiger partial charge in [-0.3, -0.25) is 0 Å². The molecule has 0 unspecified atom stereocenters. The molecule has 1 heterocycles. The lowest BCUT2D eigenvalue weighted by atomic mass is 9.66. The van der Waals surface area contributed by atoms with Gasteiger partial charge in [0.1, 0.15) is 12.4 Å². The summed E-state index contributed by atoms with van der Waals surface area (Å²) in [4.78, 5) is 2.12. The number of ether oxygens (including phenoxy) is 1. The second-order valence-corrected chi connectivity index (χ2v) is 8.96. The molecule has 0 bridgehead atoms. The first-order valence-electron chi connectivity index (χ1n) is 10.8. The molecular weight excluding hydrogens is 363 g/mol. The first-order chi connectivity index (χ1) is 13.9. The SMILES string of the molecule is CC[C@]1(C)C[C@](CC[NH2+]Cc2ccc(N(C)C)cc2)(c2ccc(F)cc2)CCO1. The lowest BCUT2D eigenvalue weighted by Gasteiger charge is -2.46. The van der Waals surface area contributed by atoms with E-state index in [1.165, 1.54) is 16.8 Å². The van der Waals surface area contributed by atoms with Crippen LogP contribution < -0.4 is 10.2 Å². The molecule has 3 nitrogen and oxygen atoms in total. The largest absolute Gasteiger partial charge is 0.378 e. The van der Waals surface area contributed by atoms with E-state index in [-0.39, 0.29) is 16.8 Å². The van der Waals surface area contributed by atoms with Crippen LogP contribution in [-0.2, 0) is 16.7 Å². The molecule has 0 saturated carbocycles. The van der Waals surface area contributed by atoms with Crippen LogP contribution in [-0.4, -0.2) is 32.8 Å². The van der Waals surface area contributed by atoms with E-state index in [0.29, 0.717) is 0 Å². The first kappa shape index (κ1) is 21.8. The summed E-state index contributed by atoms with van der Waals surface area (Å²) in [6.07, 6.45) is 4.07. The van der Waals surface area contributed by atoms with Crippen molar-refractivity contribution in [1.29, 1.82) is 0 Å². The maximum absolute atomic E-state index is 13.5. The zero-order chi connectivity index (χ0) is 20.9. The van der Waals surface area contributed by atoms with Gasteiger partial charge in [-0.2, -0.15) is 0 Å². The molecule has 2 N–H and O–H groups in total. The summed E-state index contributed by atoms with van der Waals surface area (Å²) in [6, 6.07) is 15.9. The predicted octanol–water partition coefficient (Wildman–Crippen LogP) is 4.26. The van der Waals surface area contributed by atoms with Crippen LogP contribution in [0.4, 0.5) is 10.1 Å². The Labute approximate surface area is 175 Å². The molecule has 0 radical (unpaired) electrons. The highest BCUT2D eigenvalue weighted by Crippen LogP contribution is 2.44. The van der Waals surface area contributed by atoms with Gasteiger partial charge in [0.25, 0.3) is 0 Å². The average Bonchev–Trinajstić information content (AvgIpc) is 2.72. The van der Waals surface area contributed by atoms with Crippen molar-refractivity contribution < 1.29 is 14.4 Å². The van der Waals surface area contributed by atoms with E-state index in [4.69, 9.17) is 4.74 Å². The summed E-state index contributed by atoms with van der Waals surface area (Å²) < 4.78 is 19.7. The minimum Gasteiger partial charge on any atom is -0.378 e. The van der Waals surface area contributed by atoms with Crippen LogP contribution in [0.1, 0.15) is 50.7 Å². The zero-order valence-corrected chi connectivity index (χ0v) is 18.4. The van der Waals surface area contributed by atoms with Gasteiger partial charge in [0.15, 0.2) is 0 Å². The lowest BCUT2D eigenvalue weighted by molar-refractivity contribution is -0.672. The number of hydrogen-bond acceptors (Lipinski definition) is 2. The van der Waals surface area contributed by atoms with E-state index in [0.717, 1.165) is 45.4 Å². The van der Waals surface area contributed by atoms with Gasteiger partial charge in [0.2, 0.25) is 0 Å². The van der Waals surface area contributed by atoms with Gasteiger partial charge in [0.05, 0.1) is 12.1 Å². The number of halogens is 1. The molecule has 1 fully saturated rings. The number of anilines is 1. The lowest BCUT2D eigenvalue weighted by Crippen LogP contribution is -2.83. The van der Waals surface area contributed by atoms with Crippen LogP contribution in [0, 0.1) is 5.82 Å². The van der Waals surface area contributed by atoms with Gasteiger partial charge >= 0.3 is 0 Å². The van der Waals surface area contributed by atoms with Gasteiger partial charge in [-0.15, -0.1) is 0 Å². The van der Waals surface area contributed by atoms with Gasteiger partial charge in [-0.25, -0.2) is 4.39 Å². The fraction of sp³-hybridized carbons (Fsp3) is 0.520. The van der Waals surface area contributed by atoms with E-state index < -0.39 is 0 Å². The number of nitrogens with two attached hydrogens (primary N) is 1. The Morgan fingerprint density at radius 2 is 1.76 bits per heavy atom. The van der Waals surface area contributed by atoms with Gasteiger partial charge in [0, 0.05) is 43.8 Å². The quantitative estimate of drug-likeness (QED) is 0.672. The normalized spacial score (nSPS) is 24.4. The number of quaternary nitrogens is 1. The highest BCUT2D eigenvalue weighted by atomic mass is 19.1. The van der Waals surface area contributed by atoms with Crippen molar-refractivity contribution in [3.63, 3.8) is 0 Å². The van der Waals surface area contributed by atoms with Gasteiger partial charge in [-0.05, 0) is 56.0 Å². The highest BCUT2D eigenvalue weighted by molar-refractivity contribution is 5.45. The maximum Gasteiger partial charge on any atom is 0.123 e. The topological polar surface area (TPSA) is 29.1 Å². The molecule has 158 valence electrons. The summed E-state index contributed by atoms with van der Waals surface area (Å²) in [5, 5.41) is 2.40. The fourth-order valence-corrected chi connectivity index (χ4v) is 4.56. The third-order valence-electron chi connectivity index (χ3n) is 6.61. The van der Waals surface area contributed by atoms with Crippen LogP contribution in [0.2, 0.25) is 0 Å². The second kappa shape index (κ2) is 9.27. The van der Waals surface area contributed by atoms with Crippen molar-refractivity contribution in [2.75, 3.05) is 32.1 Å². The molecule has 1 aliphatic rings. The predicted molar refractivity (Wildman–Crippen MR) is 118 cm³/mol. The second-order valence-electron chi connectivity index (χ2n) is 8.96. The molecule has 1 aliphatic heterocycles. The van der Waals surface area contributed by atoms with E-state index in [9.17, 15) is 4.39 Å². The average molecular weight is 400 g/mol. The Bertz CT molecular complexity index is 774. The molecule has 0 aliphatic carbocycles. The molecular formula is C25H36FN2O+. The maximum atomic E-state index is 13.5. The number of hydrogen-bond donors (Lipinski definition) is 1. The number of benzene rings is 2. The molecule has 29 heavy (non-hydrogen) atoms. The van der Waals surface area contributed by atoms with Crippen molar-refractivity contribution >= 4 is 5.69 Å². The number of rotatable bonds is 8. The molecule has 1 saturated heterocycles. The summed E-state index contributed by atoms with van der Waals surface area (Å²) in [5.41, 5.74) is 3.78. The van der Waals surface area contributed by atoms with Gasteiger partial charge < -0.3 is 15.0 Å². The first-order valence-corrected chi connectivity index (χ1v) is 10.8. The van der Waals surface area contributed by atoms with E-state index in [2.05, 4.69) is 62.4 Å². The molecule has 3 rings (SSSR count). The Hall–Kier alpha value is -1.91. The zero-order valence-electron chi connectivity index (χ0n) is 18.4. The van der Waals surface area contributed by atoms with E-state index >= 15 is 0 Å². The Morgan fingerprint density at radius 1 is 1.07 bits per heavy atom. The van der Waals surface area contributed by atoms with Crippen molar-refractivity contribution in [3.05, 3.63) is 65.5 Å². The van der Waals surface area contributed by atoms with Gasteiger partial charge in [-0.1, -0.05) is 31.2 Å². The van der Waals surface area contributed by atoms with Crippen LogP contribution in [0.5, 0.6) is 0 Å². The molecule has 2 atom stereocenters. The molecule has 4 heteroatoms. The Kier molecular flexibility index (Phi) is 6.97. The van der Waals surface area contributed by atoms with Crippen LogP contribution >= 0.6 is 0 Å². The summed E-state index contributed by atoms with van der Waals surface area (Å²) in [6.45, 7) is 7.22. The highest BCUT2D eigenvalue weighted by Gasteiger charge is 2.43. The van der Waals surface area contributed by atoms with Crippen LogP contribution in [0.25, 0.3) is 0 Å². The summed E-state index contributed by atoms with van der Waals surface area (Å²) >= 11 is 0. The minimum atomic E-state index is -0.165. The fourth-order valence-electron chi connectivity index (χ4n) is 4.56. The third-order valence-corrected chi connectivity index (χ3v) is 6.61. The molecule has 0 aromatic heterocycles. The van der Waals surface area contributed by atoms with Crippen molar-refractivity contribution in [1.82, 2.24) is 0 Å².